The van der Waals surface area contributed by atoms with Crippen LogP contribution in [0.5, 0.6) is 0 Å². The van der Waals surface area contributed by atoms with Crippen LogP contribution >= 0.6 is 0 Å². The third kappa shape index (κ3) is 3.73. The first-order chi connectivity index (χ1) is 12.8. The Morgan fingerprint density at radius 1 is 1.37 bits per heavy atom. The third-order valence-electron chi connectivity index (χ3n) is 4.89. The predicted molar refractivity (Wildman–Crippen MR) is 101 cm³/mol. The largest absolute Gasteiger partial charge is 0.369 e. The lowest BCUT2D eigenvalue weighted by atomic mass is 9.99. The second-order valence-corrected chi connectivity index (χ2v) is 7.05. The van der Waals surface area contributed by atoms with Gasteiger partial charge in [-0.2, -0.15) is 5.10 Å². The molecule has 0 unspecified atom stereocenters. The standard InChI is InChI=1S/C20H26N4O3/c1-5-24-18-13(3)27-12(2)9-16(18)17(22-24)20(26)23(4)11-14-7-6-8-15(10-14)19(21)25/h6-8,10,12-13H,5,9,11H2,1-4H3,(H2,21,25)/t12-,13+/m1/s1. The van der Waals surface area contributed by atoms with E-state index in [0.717, 1.165) is 16.8 Å². The fraction of sp³-hybridized carbons (Fsp3) is 0.450. The summed E-state index contributed by atoms with van der Waals surface area (Å²) < 4.78 is 7.77. The first-order valence-electron chi connectivity index (χ1n) is 9.21. The smallest absolute Gasteiger partial charge is 0.274 e. The molecule has 2 amide bonds. The predicted octanol–water partition coefficient (Wildman–Crippen LogP) is 2.30. The summed E-state index contributed by atoms with van der Waals surface area (Å²) in [6.45, 7) is 7.06. The summed E-state index contributed by atoms with van der Waals surface area (Å²) >= 11 is 0. The molecule has 1 aliphatic heterocycles. The molecular formula is C20H26N4O3. The number of nitrogens with zero attached hydrogens (tertiary/aromatic N) is 3. The van der Waals surface area contributed by atoms with Crippen molar-refractivity contribution in [3.8, 4) is 0 Å². The maximum Gasteiger partial charge on any atom is 0.274 e. The fourth-order valence-corrected chi connectivity index (χ4v) is 3.68. The summed E-state index contributed by atoms with van der Waals surface area (Å²) in [6.07, 6.45) is 0.632. The Kier molecular flexibility index (Phi) is 5.32. The lowest BCUT2D eigenvalue weighted by Gasteiger charge is -2.27. The van der Waals surface area contributed by atoms with Crippen molar-refractivity contribution in [3.63, 3.8) is 0 Å². The van der Waals surface area contributed by atoms with Gasteiger partial charge < -0.3 is 15.4 Å². The average molecular weight is 370 g/mol. The van der Waals surface area contributed by atoms with E-state index < -0.39 is 5.91 Å². The van der Waals surface area contributed by atoms with Crippen LogP contribution < -0.4 is 5.73 Å². The van der Waals surface area contributed by atoms with Crippen LogP contribution in [0.25, 0.3) is 0 Å². The Balaban J connectivity index is 1.87. The number of carbonyl (C=O) groups excluding carboxylic acids is 2. The molecule has 144 valence electrons. The number of rotatable bonds is 5. The van der Waals surface area contributed by atoms with Crippen molar-refractivity contribution in [3.05, 3.63) is 52.3 Å². The molecule has 0 aliphatic carbocycles. The average Bonchev–Trinajstić information content (AvgIpc) is 3.00. The molecule has 1 aliphatic rings. The molecule has 2 atom stereocenters. The lowest BCUT2D eigenvalue weighted by molar-refractivity contribution is -0.00951. The van der Waals surface area contributed by atoms with Crippen molar-refractivity contribution in [1.82, 2.24) is 14.7 Å². The Morgan fingerprint density at radius 2 is 2.11 bits per heavy atom. The van der Waals surface area contributed by atoms with Gasteiger partial charge in [0.1, 0.15) is 0 Å². The number of amides is 2. The van der Waals surface area contributed by atoms with Crippen LogP contribution in [-0.4, -0.2) is 39.6 Å². The van der Waals surface area contributed by atoms with Crippen molar-refractivity contribution in [2.75, 3.05) is 7.05 Å². The SMILES string of the molecule is CCn1nc(C(=O)N(C)Cc2cccc(C(N)=O)c2)c2c1[C@H](C)O[C@H](C)C2. The van der Waals surface area contributed by atoms with Crippen LogP contribution in [0.4, 0.5) is 0 Å². The minimum atomic E-state index is -0.482. The van der Waals surface area contributed by atoms with Gasteiger partial charge in [-0.3, -0.25) is 14.3 Å². The van der Waals surface area contributed by atoms with Gasteiger partial charge in [-0.1, -0.05) is 12.1 Å². The van der Waals surface area contributed by atoms with E-state index in [-0.39, 0.29) is 18.1 Å². The maximum absolute atomic E-state index is 13.1. The highest BCUT2D eigenvalue weighted by atomic mass is 16.5. The van der Waals surface area contributed by atoms with E-state index in [4.69, 9.17) is 10.5 Å². The number of primary amides is 1. The number of nitrogens with two attached hydrogens (primary N) is 1. The summed E-state index contributed by atoms with van der Waals surface area (Å²) in [5, 5.41) is 4.57. The summed E-state index contributed by atoms with van der Waals surface area (Å²) in [4.78, 5) is 26.1. The van der Waals surface area contributed by atoms with Crippen LogP contribution in [0.15, 0.2) is 24.3 Å². The van der Waals surface area contributed by atoms with Gasteiger partial charge in [0, 0.05) is 37.7 Å². The molecule has 0 spiro atoms. The van der Waals surface area contributed by atoms with E-state index >= 15 is 0 Å². The molecule has 2 N–H and O–H groups in total. The Morgan fingerprint density at radius 3 is 2.78 bits per heavy atom. The second kappa shape index (κ2) is 7.52. The van der Waals surface area contributed by atoms with Crippen LogP contribution in [0, 0.1) is 0 Å². The molecule has 2 heterocycles. The number of hydrogen-bond acceptors (Lipinski definition) is 4. The number of fused-ring (bicyclic) bond motifs is 1. The van der Waals surface area contributed by atoms with Gasteiger partial charge in [-0.05, 0) is 38.5 Å². The molecule has 2 aromatic rings. The quantitative estimate of drug-likeness (QED) is 0.874. The van der Waals surface area contributed by atoms with Gasteiger partial charge in [-0.25, -0.2) is 0 Å². The van der Waals surface area contributed by atoms with Crippen molar-refractivity contribution < 1.29 is 14.3 Å². The minimum absolute atomic E-state index is 0.0473. The molecule has 0 radical (unpaired) electrons. The summed E-state index contributed by atoms with van der Waals surface area (Å²) in [7, 11) is 1.74. The van der Waals surface area contributed by atoms with Crippen LogP contribution in [-0.2, 0) is 24.2 Å². The fourth-order valence-electron chi connectivity index (χ4n) is 3.68. The number of aryl methyl sites for hydroxylation is 1. The van der Waals surface area contributed by atoms with E-state index in [1.165, 1.54) is 0 Å². The topological polar surface area (TPSA) is 90.5 Å². The molecule has 0 fully saturated rings. The molecule has 0 bridgehead atoms. The minimum Gasteiger partial charge on any atom is -0.369 e. The zero-order valence-electron chi connectivity index (χ0n) is 16.2. The Labute approximate surface area is 159 Å². The van der Waals surface area contributed by atoms with Crippen molar-refractivity contribution in [1.29, 1.82) is 0 Å². The van der Waals surface area contributed by atoms with Crippen molar-refractivity contribution in [2.24, 2.45) is 5.73 Å². The van der Waals surface area contributed by atoms with Crippen molar-refractivity contribution in [2.45, 2.75) is 52.5 Å². The zero-order valence-corrected chi connectivity index (χ0v) is 16.2. The van der Waals surface area contributed by atoms with Gasteiger partial charge in [0.15, 0.2) is 5.69 Å². The molecule has 27 heavy (non-hydrogen) atoms. The van der Waals surface area contributed by atoms with Crippen LogP contribution in [0.2, 0.25) is 0 Å². The first kappa shape index (κ1) is 19.1. The second-order valence-electron chi connectivity index (χ2n) is 7.05. The van der Waals surface area contributed by atoms with E-state index in [1.807, 2.05) is 31.5 Å². The van der Waals surface area contributed by atoms with Gasteiger partial charge >= 0.3 is 0 Å². The highest BCUT2D eigenvalue weighted by Gasteiger charge is 2.32. The number of aromatic nitrogens is 2. The lowest BCUT2D eigenvalue weighted by Crippen LogP contribution is -2.29. The monoisotopic (exact) mass is 370 g/mol. The molecule has 1 aromatic heterocycles. The third-order valence-corrected chi connectivity index (χ3v) is 4.89. The molecule has 7 heteroatoms. The van der Waals surface area contributed by atoms with E-state index in [0.29, 0.717) is 30.8 Å². The molecule has 1 aromatic carbocycles. The van der Waals surface area contributed by atoms with E-state index in [1.54, 1.807) is 30.1 Å². The summed E-state index contributed by atoms with van der Waals surface area (Å²) in [5.74, 6) is -0.617. The highest BCUT2D eigenvalue weighted by Crippen LogP contribution is 2.32. The van der Waals surface area contributed by atoms with Crippen LogP contribution in [0.3, 0.4) is 0 Å². The zero-order chi connectivity index (χ0) is 19.7. The molecule has 3 rings (SSSR count). The number of hydrogen-bond donors (Lipinski definition) is 1. The number of benzene rings is 1. The van der Waals surface area contributed by atoms with E-state index in [2.05, 4.69) is 5.10 Å². The highest BCUT2D eigenvalue weighted by molar-refractivity contribution is 5.94. The van der Waals surface area contributed by atoms with Crippen molar-refractivity contribution >= 4 is 11.8 Å². The Hall–Kier alpha value is -2.67. The first-order valence-corrected chi connectivity index (χ1v) is 9.21. The Bertz CT molecular complexity index is 874. The van der Waals surface area contributed by atoms with Crippen LogP contribution in [0.1, 0.15) is 64.5 Å². The van der Waals surface area contributed by atoms with Gasteiger partial charge in [-0.15, -0.1) is 0 Å². The summed E-state index contributed by atoms with van der Waals surface area (Å²) in [5.41, 5.74) is 9.07. The van der Waals surface area contributed by atoms with Gasteiger partial charge in [0.05, 0.1) is 17.9 Å². The molecule has 7 nitrogen and oxygen atoms in total. The van der Waals surface area contributed by atoms with Gasteiger partial charge in [0.2, 0.25) is 5.91 Å². The normalized spacial score (nSPS) is 18.8. The molecular weight excluding hydrogens is 344 g/mol. The summed E-state index contributed by atoms with van der Waals surface area (Å²) in [6, 6.07) is 7.01. The molecule has 0 saturated carbocycles. The maximum atomic E-state index is 13.1. The van der Waals surface area contributed by atoms with E-state index in [9.17, 15) is 9.59 Å². The molecule has 0 saturated heterocycles. The number of ether oxygens (including phenoxy) is 1. The van der Waals surface area contributed by atoms with Gasteiger partial charge in [0.25, 0.3) is 5.91 Å². The number of carbonyl (C=O) groups is 2.